The summed E-state index contributed by atoms with van der Waals surface area (Å²) in [6.45, 7) is 1.72. The highest BCUT2D eigenvalue weighted by Crippen LogP contribution is 2.24. The molecule has 0 aliphatic heterocycles. The lowest BCUT2D eigenvalue weighted by Gasteiger charge is -2.18. The van der Waals surface area contributed by atoms with Crippen molar-refractivity contribution in [3.8, 4) is 5.75 Å². The number of aryl methyl sites for hydroxylation is 1. The SMILES string of the molecule is Cc1cc(NC(=O)C(Oc2cccc(F)c2)c2ccccc2)no1. The van der Waals surface area contributed by atoms with Gasteiger partial charge in [-0.25, -0.2) is 4.39 Å². The van der Waals surface area contributed by atoms with E-state index in [-0.39, 0.29) is 5.75 Å². The van der Waals surface area contributed by atoms with Crippen molar-refractivity contribution < 1.29 is 18.4 Å². The van der Waals surface area contributed by atoms with Crippen LogP contribution in [0.4, 0.5) is 10.2 Å². The van der Waals surface area contributed by atoms with Gasteiger partial charge in [0, 0.05) is 17.7 Å². The van der Waals surface area contributed by atoms with Crippen molar-refractivity contribution in [3.05, 3.63) is 77.8 Å². The van der Waals surface area contributed by atoms with E-state index in [1.807, 2.05) is 6.07 Å². The molecule has 6 heteroatoms. The molecule has 24 heavy (non-hydrogen) atoms. The van der Waals surface area contributed by atoms with Gasteiger partial charge in [0.15, 0.2) is 5.82 Å². The van der Waals surface area contributed by atoms with Crippen LogP contribution in [0.25, 0.3) is 0 Å². The second-order valence-corrected chi connectivity index (χ2v) is 5.18. The number of anilines is 1. The van der Waals surface area contributed by atoms with E-state index in [0.29, 0.717) is 17.1 Å². The summed E-state index contributed by atoms with van der Waals surface area (Å²) < 4.78 is 24.0. The van der Waals surface area contributed by atoms with Crippen molar-refractivity contribution in [1.29, 1.82) is 0 Å². The molecule has 0 saturated carbocycles. The van der Waals surface area contributed by atoms with E-state index in [0.717, 1.165) is 0 Å². The maximum atomic E-state index is 13.4. The predicted molar refractivity (Wildman–Crippen MR) is 86.1 cm³/mol. The minimum atomic E-state index is -0.954. The maximum Gasteiger partial charge on any atom is 0.271 e. The average molecular weight is 326 g/mol. The lowest BCUT2D eigenvalue weighted by Crippen LogP contribution is -2.25. The zero-order chi connectivity index (χ0) is 16.9. The Balaban J connectivity index is 1.85. The molecule has 0 saturated heterocycles. The monoisotopic (exact) mass is 326 g/mol. The third-order valence-corrected chi connectivity index (χ3v) is 3.27. The molecular formula is C18H15FN2O3. The Morgan fingerprint density at radius 1 is 1.17 bits per heavy atom. The molecule has 1 aromatic heterocycles. The fourth-order valence-electron chi connectivity index (χ4n) is 2.19. The van der Waals surface area contributed by atoms with E-state index in [2.05, 4.69) is 10.5 Å². The molecule has 5 nitrogen and oxygen atoms in total. The highest BCUT2D eigenvalue weighted by atomic mass is 19.1. The number of carbonyl (C=O) groups is 1. The number of carbonyl (C=O) groups excluding carboxylic acids is 1. The fourth-order valence-corrected chi connectivity index (χ4v) is 2.19. The summed E-state index contributed by atoms with van der Waals surface area (Å²) in [4.78, 5) is 12.6. The van der Waals surface area contributed by atoms with Gasteiger partial charge in [-0.15, -0.1) is 0 Å². The van der Waals surface area contributed by atoms with Gasteiger partial charge in [0.2, 0.25) is 6.10 Å². The number of nitrogens with one attached hydrogen (secondary N) is 1. The molecular weight excluding hydrogens is 311 g/mol. The number of hydrogen-bond acceptors (Lipinski definition) is 4. The number of halogens is 1. The molecule has 1 amide bonds. The lowest BCUT2D eigenvalue weighted by atomic mass is 10.1. The summed E-state index contributed by atoms with van der Waals surface area (Å²) in [6, 6.07) is 16.2. The molecule has 0 aliphatic carbocycles. The number of amides is 1. The van der Waals surface area contributed by atoms with Crippen molar-refractivity contribution in [1.82, 2.24) is 5.16 Å². The first kappa shape index (κ1) is 15.7. The molecule has 0 aliphatic rings. The zero-order valence-electron chi connectivity index (χ0n) is 12.9. The first-order chi connectivity index (χ1) is 11.6. The van der Waals surface area contributed by atoms with Crippen LogP contribution in [-0.4, -0.2) is 11.1 Å². The molecule has 0 fully saturated rings. The number of aromatic nitrogens is 1. The number of rotatable bonds is 5. The van der Waals surface area contributed by atoms with E-state index < -0.39 is 17.8 Å². The number of ether oxygens (including phenoxy) is 1. The van der Waals surface area contributed by atoms with Crippen LogP contribution in [0.3, 0.4) is 0 Å². The van der Waals surface area contributed by atoms with Crippen LogP contribution in [-0.2, 0) is 4.79 Å². The van der Waals surface area contributed by atoms with E-state index in [1.165, 1.54) is 18.2 Å². The molecule has 1 atom stereocenters. The van der Waals surface area contributed by atoms with Gasteiger partial charge < -0.3 is 14.6 Å². The summed E-state index contributed by atoms with van der Waals surface area (Å²) in [5, 5.41) is 6.36. The first-order valence-electron chi connectivity index (χ1n) is 7.33. The third-order valence-electron chi connectivity index (χ3n) is 3.27. The van der Waals surface area contributed by atoms with Gasteiger partial charge in [-0.05, 0) is 19.1 Å². The van der Waals surface area contributed by atoms with Gasteiger partial charge in [0.25, 0.3) is 5.91 Å². The van der Waals surface area contributed by atoms with Crippen LogP contribution < -0.4 is 10.1 Å². The van der Waals surface area contributed by atoms with E-state index >= 15 is 0 Å². The molecule has 1 heterocycles. The molecule has 0 radical (unpaired) electrons. The van der Waals surface area contributed by atoms with Crippen molar-refractivity contribution in [2.24, 2.45) is 0 Å². The van der Waals surface area contributed by atoms with Crippen molar-refractivity contribution in [3.63, 3.8) is 0 Å². The van der Waals surface area contributed by atoms with Crippen molar-refractivity contribution >= 4 is 11.7 Å². The molecule has 122 valence electrons. The number of benzene rings is 2. The minimum Gasteiger partial charge on any atom is -0.476 e. The molecule has 3 rings (SSSR count). The standard InChI is InChI=1S/C18H15FN2O3/c1-12-10-16(21-24-12)20-18(22)17(13-6-3-2-4-7-13)23-15-9-5-8-14(19)11-15/h2-11,17H,1H3,(H,20,21,22). The molecule has 0 spiro atoms. The second kappa shape index (κ2) is 6.95. The van der Waals surface area contributed by atoms with Gasteiger partial charge in [-0.2, -0.15) is 0 Å². The predicted octanol–water partition coefficient (Wildman–Crippen LogP) is 3.88. The molecule has 0 bridgehead atoms. The summed E-state index contributed by atoms with van der Waals surface area (Å²) in [5.74, 6) is 0.259. The van der Waals surface area contributed by atoms with E-state index in [4.69, 9.17) is 9.26 Å². The Kier molecular flexibility index (Phi) is 4.56. The summed E-state index contributed by atoms with van der Waals surface area (Å²) >= 11 is 0. The molecule has 1 unspecified atom stereocenters. The lowest BCUT2D eigenvalue weighted by molar-refractivity contribution is -0.123. The topological polar surface area (TPSA) is 64.4 Å². The van der Waals surface area contributed by atoms with Gasteiger partial charge >= 0.3 is 0 Å². The van der Waals surface area contributed by atoms with Crippen LogP contribution >= 0.6 is 0 Å². The van der Waals surface area contributed by atoms with E-state index in [1.54, 1.807) is 43.3 Å². The smallest absolute Gasteiger partial charge is 0.271 e. The van der Waals surface area contributed by atoms with Crippen molar-refractivity contribution in [2.45, 2.75) is 13.0 Å². The van der Waals surface area contributed by atoms with Gasteiger partial charge in [0.05, 0.1) is 0 Å². The van der Waals surface area contributed by atoms with Gasteiger partial charge in [0.1, 0.15) is 17.3 Å². The molecule has 2 aromatic carbocycles. The summed E-state index contributed by atoms with van der Waals surface area (Å²) in [6.07, 6.45) is -0.954. The largest absolute Gasteiger partial charge is 0.476 e. The molecule has 1 N–H and O–H groups in total. The number of hydrogen-bond donors (Lipinski definition) is 1. The third kappa shape index (κ3) is 3.78. The van der Waals surface area contributed by atoms with Gasteiger partial charge in [-0.3, -0.25) is 4.79 Å². The Morgan fingerprint density at radius 3 is 2.62 bits per heavy atom. The maximum absolute atomic E-state index is 13.4. The minimum absolute atomic E-state index is 0.260. The highest BCUT2D eigenvalue weighted by molar-refractivity contribution is 5.94. The first-order valence-corrected chi connectivity index (χ1v) is 7.33. The quantitative estimate of drug-likeness (QED) is 0.773. The van der Waals surface area contributed by atoms with Crippen LogP contribution in [0.2, 0.25) is 0 Å². The van der Waals surface area contributed by atoms with Crippen LogP contribution in [0.1, 0.15) is 17.4 Å². The van der Waals surface area contributed by atoms with Gasteiger partial charge in [-0.1, -0.05) is 41.6 Å². The Morgan fingerprint density at radius 2 is 1.96 bits per heavy atom. The Hall–Kier alpha value is -3.15. The average Bonchev–Trinajstić information content (AvgIpc) is 2.98. The number of nitrogens with zero attached hydrogens (tertiary/aromatic N) is 1. The van der Waals surface area contributed by atoms with E-state index in [9.17, 15) is 9.18 Å². The second-order valence-electron chi connectivity index (χ2n) is 5.18. The van der Waals surface area contributed by atoms with Crippen LogP contribution in [0, 0.1) is 12.7 Å². The van der Waals surface area contributed by atoms with Crippen LogP contribution in [0.15, 0.2) is 65.2 Å². The summed E-state index contributed by atoms with van der Waals surface area (Å²) in [5.41, 5.74) is 0.638. The Labute approximate surface area is 138 Å². The normalized spacial score (nSPS) is 11.8. The zero-order valence-corrected chi connectivity index (χ0v) is 12.9. The fraction of sp³-hybridized carbons (Fsp3) is 0.111. The van der Waals surface area contributed by atoms with Crippen LogP contribution in [0.5, 0.6) is 5.75 Å². The highest BCUT2D eigenvalue weighted by Gasteiger charge is 2.24. The molecule has 3 aromatic rings. The Bertz CT molecular complexity index is 833. The summed E-state index contributed by atoms with van der Waals surface area (Å²) in [7, 11) is 0. The van der Waals surface area contributed by atoms with Crippen molar-refractivity contribution in [2.75, 3.05) is 5.32 Å².